The molecule has 30 heavy (non-hydrogen) atoms. The topological polar surface area (TPSA) is 91.2 Å². The van der Waals surface area contributed by atoms with E-state index in [1.54, 1.807) is 31.2 Å². The highest BCUT2D eigenvalue weighted by molar-refractivity contribution is 5.97. The van der Waals surface area contributed by atoms with Crippen LogP contribution in [-0.4, -0.2) is 23.5 Å². The molecule has 0 saturated heterocycles. The molecule has 3 rings (SSSR count). The van der Waals surface area contributed by atoms with Crippen molar-refractivity contribution in [2.24, 2.45) is 0 Å². The first-order chi connectivity index (χ1) is 14.5. The maximum Gasteiger partial charge on any atom is 0.262 e. The highest BCUT2D eigenvalue weighted by atomic mass is 16.5. The van der Waals surface area contributed by atoms with Crippen LogP contribution < -0.4 is 15.4 Å². The zero-order valence-corrected chi connectivity index (χ0v) is 17.2. The van der Waals surface area contributed by atoms with Gasteiger partial charge in [-0.05, 0) is 37.5 Å². The molecule has 0 aromatic heterocycles. The minimum absolute atomic E-state index is 0.275. The molecule has 1 aliphatic rings. The number of nitrogens with zero attached hydrogens (tertiary/aromatic N) is 1. The Bertz CT molecular complexity index is 915. The first-order valence-corrected chi connectivity index (χ1v) is 10.3. The first-order valence-electron chi connectivity index (χ1n) is 10.3. The molecule has 0 bridgehead atoms. The summed E-state index contributed by atoms with van der Waals surface area (Å²) < 4.78 is 5.83. The molecule has 6 nitrogen and oxygen atoms in total. The summed E-state index contributed by atoms with van der Waals surface area (Å²) in [7, 11) is 0. The number of carbonyl (C=O) groups is 2. The van der Waals surface area contributed by atoms with Crippen molar-refractivity contribution in [2.45, 2.75) is 57.2 Å². The van der Waals surface area contributed by atoms with E-state index in [1.165, 1.54) is 0 Å². The van der Waals surface area contributed by atoms with Crippen LogP contribution in [0.4, 0.5) is 0 Å². The van der Waals surface area contributed by atoms with Crippen molar-refractivity contribution in [3.63, 3.8) is 0 Å². The van der Waals surface area contributed by atoms with Crippen LogP contribution in [0.25, 0.3) is 0 Å². The maximum atomic E-state index is 12.7. The number of para-hydroxylation sites is 1. The predicted octanol–water partition coefficient (Wildman–Crippen LogP) is 3.73. The third kappa shape index (κ3) is 5.38. The van der Waals surface area contributed by atoms with E-state index < -0.39 is 11.6 Å². The van der Waals surface area contributed by atoms with Crippen LogP contribution in [0.15, 0.2) is 54.6 Å². The monoisotopic (exact) mass is 405 g/mol. The van der Waals surface area contributed by atoms with Crippen molar-refractivity contribution in [3.8, 4) is 11.8 Å². The Morgan fingerprint density at radius 1 is 1.07 bits per heavy atom. The summed E-state index contributed by atoms with van der Waals surface area (Å²) in [6.45, 7) is 2.02. The van der Waals surface area contributed by atoms with Gasteiger partial charge in [0.15, 0.2) is 6.10 Å². The van der Waals surface area contributed by atoms with Gasteiger partial charge in [-0.1, -0.05) is 61.7 Å². The molecule has 1 fully saturated rings. The van der Waals surface area contributed by atoms with Crippen LogP contribution in [0, 0.1) is 11.3 Å². The van der Waals surface area contributed by atoms with Crippen LogP contribution in [0.2, 0.25) is 0 Å². The third-order valence-corrected chi connectivity index (χ3v) is 5.38. The molecule has 1 atom stereocenters. The number of benzene rings is 2. The third-order valence-electron chi connectivity index (χ3n) is 5.38. The van der Waals surface area contributed by atoms with E-state index >= 15 is 0 Å². The highest BCUT2D eigenvalue weighted by Crippen LogP contribution is 2.28. The van der Waals surface area contributed by atoms with Crippen LogP contribution >= 0.6 is 0 Å². The van der Waals surface area contributed by atoms with Crippen LogP contribution in [0.3, 0.4) is 0 Å². The van der Waals surface area contributed by atoms with Gasteiger partial charge in [0, 0.05) is 6.54 Å². The predicted molar refractivity (Wildman–Crippen MR) is 114 cm³/mol. The fourth-order valence-corrected chi connectivity index (χ4v) is 3.63. The Morgan fingerprint density at radius 3 is 2.43 bits per heavy atom. The quantitative estimate of drug-likeness (QED) is 0.734. The van der Waals surface area contributed by atoms with E-state index in [1.807, 2.05) is 30.3 Å². The van der Waals surface area contributed by atoms with Crippen molar-refractivity contribution in [2.75, 3.05) is 0 Å². The zero-order valence-electron chi connectivity index (χ0n) is 17.2. The molecule has 6 heteroatoms. The van der Waals surface area contributed by atoms with E-state index in [-0.39, 0.29) is 11.8 Å². The van der Waals surface area contributed by atoms with Crippen LogP contribution in [-0.2, 0) is 11.3 Å². The van der Waals surface area contributed by atoms with Gasteiger partial charge in [-0.25, -0.2) is 0 Å². The van der Waals surface area contributed by atoms with Crippen molar-refractivity contribution in [3.05, 3.63) is 65.7 Å². The Hall–Kier alpha value is -3.33. The second kappa shape index (κ2) is 9.93. The Kier molecular flexibility index (Phi) is 7.08. The lowest BCUT2D eigenvalue weighted by molar-refractivity contribution is -0.129. The summed E-state index contributed by atoms with van der Waals surface area (Å²) in [4.78, 5) is 25.4. The molecule has 2 N–H and O–H groups in total. The van der Waals surface area contributed by atoms with Gasteiger partial charge < -0.3 is 15.4 Å². The van der Waals surface area contributed by atoms with E-state index in [9.17, 15) is 14.9 Å². The molecule has 0 radical (unpaired) electrons. The molecule has 156 valence electrons. The van der Waals surface area contributed by atoms with Gasteiger partial charge in [-0.2, -0.15) is 5.26 Å². The van der Waals surface area contributed by atoms with Gasteiger partial charge in [0.05, 0.1) is 11.6 Å². The second-order valence-corrected chi connectivity index (χ2v) is 7.67. The minimum atomic E-state index is -0.833. The molecule has 2 amide bonds. The molecular weight excluding hydrogens is 378 g/mol. The standard InChI is InChI=1S/C24H27N3O3/c1-18(22(28)27-24(17-25)14-8-3-9-15-24)30-21-13-7-6-12-20(21)23(29)26-16-19-10-4-2-5-11-19/h2,4-7,10-13,18H,3,8-9,14-16H2,1H3,(H,26,29)(H,27,28)/t18-/m0/s1. The zero-order chi connectivity index (χ0) is 21.4. The minimum Gasteiger partial charge on any atom is -0.480 e. The maximum absolute atomic E-state index is 12.7. The summed E-state index contributed by atoms with van der Waals surface area (Å²) in [5, 5.41) is 15.3. The molecule has 0 aliphatic heterocycles. The summed E-state index contributed by atoms with van der Waals surface area (Å²) in [6, 6.07) is 18.7. The van der Waals surface area contributed by atoms with Gasteiger partial charge in [0.2, 0.25) is 0 Å². The van der Waals surface area contributed by atoms with E-state index in [4.69, 9.17) is 4.74 Å². The van der Waals surface area contributed by atoms with Crippen molar-refractivity contribution in [1.29, 1.82) is 5.26 Å². The smallest absolute Gasteiger partial charge is 0.262 e. The van der Waals surface area contributed by atoms with Crippen molar-refractivity contribution in [1.82, 2.24) is 10.6 Å². The lowest BCUT2D eigenvalue weighted by atomic mass is 9.83. The molecule has 0 spiro atoms. The lowest BCUT2D eigenvalue weighted by Gasteiger charge is -2.32. The van der Waals surface area contributed by atoms with E-state index in [2.05, 4.69) is 16.7 Å². The molecule has 2 aromatic carbocycles. The Balaban J connectivity index is 1.64. The van der Waals surface area contributed by atoms with Crippen LogP contribution in [0.5, 0.6) is 5.75 Å². The summed E-state index contributed by atoms with van der Waals surface area (Å²) in [5.74, 6) is -0.291. The van der Waals surface area contributed by atoms with Gasteiger partial charge >= 0.3 is 0 Å². The number of hydrogen-bond donors (Lipinski definition) is 2. The van der Waals surface area contributed by atoms with Gasteiger partial charge in [-0.3, -0.25) is 9.59 Å². The van der Waals surface area contributed by atoms with Crippen molar-refractivity contribution >= 4 is 11.8 Å². The van der Waals surface area contributed by atoms with Gasteiger partial charge in [-0.15, -0.1) is 0 Å². The Morgan fingerprint density at radius 2 is 1.73 bits per heavy atom. The number of carbonyl (C=O) groups excluding carboxylic acids is 2. The average Bonchev–Trinajstić information content (AvgIpc) is 2.79. The summed E-state index contributed by atoms with van der Waals surface area (Å²) >= 11 is 0. The first kappa shape index (κ1) is 21.4. The SMILES string of the molecule is C[C@H](Oc1ccccc1C(=O)NCc1ccccc1)C(=O)NC1(C#N)CCCCC1. The average molecular weight is 405 g/mol. The molecule has 2 aromatic rings. The van der Waals surface area contributed by atoms with Gasteiger partial charge in [0.25, 0.3) is 11.8 Å². The van der Waals surface area contributed by atoms with Gasteiger partial charge in [0.1, 0.15) is 11.3 Å². The number of amides is 2. The largest absolute Gasteiger partial charge is 0.480 e. The number of rotatable bonds is 7. The molecule has 1 saturated carbocycles. The summed E-state index contributed by atoms with van der Waals surface area (Å²) in [5.41, 5.74) is 0.534. The molecule has 1 aliphatic carbocycles. The van der Waals surface area contributed by atoms with E-state index in [0.717, 1.165) is 24.8 Å². The summed E-state index contributed by atoms with van der Waals surface area (Å²) in [6.07, 6.45) is 3.40. The highest BCUT2D eigenvalue weighted by Gasteiger charge is 2.35. The number of hydrogen-bond acceptors (Lipinski definition) is 4. The lowest BCUT2D eigenvalue weighted by Crippen LogP contribution is -2.52. The molecular formula is C24H27N3O3. The van der Waals surface area contributed by atoms with Crippen LogP contribution in [0.1, 0.15) is 54.9 Å². The number of nitriles is 1. The molecule has 0 heterocycles. The second-order valence-electron chi connectivity index (χ2n) is 7.67. The number of ether oxygens (including phenoxy) is 1. The number of nitrogens with one attached hydrogen (secondary N) is 2. The Labute approximate surface area is 177 Å². The fourth-order valence-electron chi connectivity index (χ4n) is 3.63. The molecule has 0 unspecified atom stereocenters. The van der Waals surface area contributed by atoms with E-state index in [0.29, 0.717) is 30.7 Å². The van der Waals surface area contributed by atoms with Crippen molar-refractivity contribution < 1.29 is 14.3 Å². The fraction of sp³-hybridized carbons (Fsp3) is 0.375. The normalized spacial score (nSPS) is 16.0.